The summed E-state index contributed by atoms with van der Waals surface area (Å²) < 4.78 is 5.15. The molecule has 3 heteroatoms. The van der Waals surface area contributed by atoms with Crippen LogP contribution in [-0.2, 0) is 14.3 Å². The van der Waals surface area contributed by atoms with Crippen LogP contribution in [0.5, 0.6) is 0 Å². The first-order valence-electron chi connectivity index (χ1n) is 4.26. The standard InChI is InChI=1S/C10H10O3/c1-7-6-10(4-2-8(7)11)5-3-9(12)13-10/h2,4,6H,3,5H2,1H3. The maximum absolute atomic E-state index is 11.1. The number of allylic oxidation sites excluding steroid dienone is 2. The van der Waals surface area contributed by atoms with Crippen molar-refractivity contribution in [2.75, 3.05) is 0 Å². The predicted octanol–water partition coefficient (Wildman–Crippen LogP) is 1.15. The number of carbonyl (C=O) groups excluding carboxylic acids is 2. The monoisotopic (exact) mass is 178 g/mol. The van der Waals surface area contributed by atoms with Gasteiger partial charge in [-0.3, -0.25) is 9.59 Å². The van der Waals surface area contributed by atoms with E-state index in [1.807, 2.05) is 0 Å². The minimum atomic E-state index is -0.616. The Bertz CT molecular complexity index is 338. The van der Waals surface area contributed by atoms with Crippen molar-refractivity contribution in [1.29, 1.82) is 0 Å². The number of ketones is 1. The fourth-order valence-corrected chi connectivity index (χ4v) is 1.66. The molecule has 0 N–H and O–H groups in total. The lowest BCUT2D eigenvalue weighted by Crippen LogP contribution is -2.26. The van der Waals surface area contributed by atoms with Gasteiger partial charge in [-0.1, -0.05) is 0 Å². The molecule has 68 valence electrons. The zero-order chi connectivity index (χ0) is 9.47. The van der Waals surface area contributed by atoms with Gasteiger partial charge in [0.25, 0.3) is 0 Å². The lowest BCUT2D eigenvalue weighted by atomic mass is 9.91. The van der Waals surface area contributed by atoms with Gasteiger partial charge in [0.2, 0.25) is 0 Å². The molecule has 1 spiro atoms. The summed E-state index contributed by atoms with van der Waals surface area (Å²) in [4.78, 5) is 22.1. The third kappa shape index (κ3) is 1.30. The van der Waals surface area contributed by atoms with Gasteiger partial charge in [0.1, 0.15) is 0 Å². The summed E-state index contributed by atoms with van der Waals surface area (Å²) in [5.41, 5.74) is 0.0342. The molecule has 1 aliphatic carbocycles. The zero-order valence-electron chi connectivity index (χ0n) is 7.37. The van der Waals surface area contributed by atoms with Crippen LogP contribution in [0.1, 0.15) is 19.8 Å². The largest absolute Gasteiger partial charge is 0.450 e. The SMILES string of the molecule is CC1=CC2(C=CC1=O)CCC(=O)O2. The summed E-state index contributed by atoms with van der Waals surface area (Å²) in [6.45, 7) is 1.74. The van der Waals surface area contributed by atoms with E-state index in [0.717, 1.165) is 0 Å². The highest BCUT2D eigenvalue weighted by Crippen LogP contribution is 2.32. The van der Waals surface area contributed by atoms with E-state index >= 15 is 0 Å². The molecule has 1 fully saturated rings. The second-order valence-electron chi connectivity index (χ2n) is 3.45. The van der Waals surface area contributed by atoms with Crippen LogP contribution in [0, 0.1) is 0 Å². The predicted molar refractivity (Wildman–Crippen MR) is 46.0 cm³/mol. The number of ether oxygens (including phenoxy) is 1. The van der Waals surface area contributed by atoms with E-state index in [4.69, 9.17) is 4.74 Å². The van der Waals surface area contributed by atoms with E-state index in [9.17, 15) is 9.59 Å². The highest BCUT2D eigenvalue weighted by Gasteiger charge is 2.38. The fraction of sp³-hybridized carbons (Fsp3) is 0.400. The normalized spacial score (nSPS) is 32.2. The van der Waals surface area contributed by atoms with Crippen molar-refractivity contribution in [2.24, 2.45) is 0 Å². The van der Waals surface area contributed by atoms with Crippen molar-refractivity contribution in [3.05, 3.63) is 23.8 Å². The highest BCUT2D eigenvalue weighted by atomic mass is 16.6. The van der Waals surface area contributed by atoms with Crippen LogP contribution < -0.4 is 0 Å². The quantitative estimate of drug-likeness (QED) is 0.522. The molecule has 1 saturated heterocycles. The third-order valence-corrected chi connectivity index (χ3v) is 2.39. The molecule has 2 aliphatic rings. The average Bonchev–Trinajstić information content (AvgIpc) is 2.42. The first-order valence-corrected chi connectivity index (χ1v) is 4.26. The molecule has 13 heavy (non-hydrogen) atoms. The number of hydrogen-bond donors (Lipinski definition) is 0. The third-order valence-electron chi connectivity index (χ3n) is 2.39. The Hall–Kier alpha value is -1.38. The number of carbonyl (C=O) groups is 2. The molecule has 0 aromatic rings. The molecule has 1 aliphatic heterocycles. The molecule has 0 saturated carbocycles. The molecule has 0 bridgehead atoms. The molecule has 0 amide bonds. The summed E-state index contributed by atoms with van der Waals surface area (Å²) in [6.07, 6.45) is 5.97. The van der Waals surface area contributed by atoms with E-state index in [-0.39, 0.29) is 11.8 Å². The topological polar surface area (TPSA) is 43.4 Å². The van der Waals surface area contributed by atoms with Gasteiger partial charge in [0.15, 0.2) is 11.4 Å². The summed E-state index contributed by atoms with van der Waals surface area (Å²) >= 11 is 0. The van der Waals surface area contributed by atoms with Crippen molar-refractivity contribution < 1.29 is 14.3 Å². The van der Waals surface area contributed by atoms with Crippen LogP contribution in [0.2, 0.25) is 0 Å². The molecule has 1 atom stereocenters. The Morgan fingerprint density at radius 3 is 2.77 bits per heavy atom. The smallest absolute Gasteiger partial charge is 0.307 e. The van der Waals surface area contributed by atoms with Gasteiger partial charge in [-0.05, 0) is 30.7 Å². The van der Waals surface area contributed by atoms with Crippen LogP contribution in [0.25, 0.3) is 0 Å². The lowest BCUT2D eigenvalue weighted by molar-refractivity contribution is -0.143. The van der Waals surface area contributed by atoms with Gasteiger partial charge < -0.3 is 4.74 Å². The molecular weight excluding hydrogens is 168 g/mol. The van der Waals surface area contributed by atoms with Crippen molar-refractivity contribution in [1.82, 2.24) is 0 Å². The van der Waals surface area contributed by atoms with Crippen LogP contribution in [0.4, 0.5) is 0 Å². The van der Waals surface area contributed by atoms with Crippen molar-refractivity contribution in [2.45, 2.75) is 25.4 Å². The molecular formula is C10H10O3. The van der Waals surface area contributed by atoms with E-state index in [1.165, 1.54) is 6.08 Å². The number of hydrogen-bond acceptors (Lipinski definition) is 3. The average molecular weight is 178 g/mol. The van der Waals surface area contributed by atoms with Crippen LogP contribution in [0.15, 0.2) is 23.8 Å². The highest BCUT2D eigenvalue weighted by molar-refractivity contribution is 6.05. The maximum atomic E-state index is 11.1. The van der Waals surface area contributed by atoms with Crippen LogP contribution in [0.3, 0.4) is 0 Å². The number of rotatable bonds is 0. The molecule has 0 radical (unpaired) electrons. The van der Waals surface area contributed by atoms with Gasteiger partial charge in [-0.2, -0.15) is 0 Å². The Morgan fingerprint density at radius 2 is 2.23 bits per heavy atom. The van der Waals surface area contributed by atoms with Gasteiger partial charge in [-0.25, -0.2) is 0 Å². The molecule has 1 heterocycles. The summed E-state index contributed by atoms with van der Waals surface area (Å²) in [6, 6.07) is 0. The number of esters is 1. The van der Waals surface area contributed by atoms with E-state index in [0.29, 0.717) is 18.4 Å². The van der Waals surface area contributed by atoms with Gasteiger partial charge >= 0.3 is 5.97 Å². The summed E-state index contributed by atoms with van der Waals surface area (Å²) in [5, 5.41) is 0. The van der Waals surface area contributed by atoms with E-state index in [1.54, 1.807) is 19.1 Å². The van der Waals surface area contributed by atoms with E-state index < -0.39 is 5.60 Å². The maximum Gasteiger partial charge on any atom is 0.307 e. The second kappa shape index (κ2) is 2.55. The first-order chi connectivity index (χ1) is 6.11. The van der Waals surface area contributed by atoms with Crippen LogP contribution in [-0.4, -0.2) is 17.4 Å². The Kier molecular flexibility index (Phi) is 1.62. The second-order valence-corrected chi connectivity index (χ2v) is 3.45. The molecule has 0 aromatic heterocycles. The Labute approximate surface area is 76.1 Å². The Balaban J connectivity index is 2.32. The lowest BCUT2D eigenvalue weighted by Gasteiger charge is -2.23. The van der Waals surface area contributed by atoms with E-state index in [2.05, 4.69) is 0 Å². The molecule has 3 nitrogen and oxygen atoms in total. The summed E-state index contributed by atoms with van der Waals surface area (Å²) in [7, 11) is 0. The first kappa shape index (κ1) is 8.23. The fourth-order valence-electron chi connectivity index (χ4n) is 1.66. The molecule has 1 unspecified atom stereocenters. The van der Waals surface area contributed by atoms with Gasteiger partial charge in [0, 0.05) is 12.8 Å². The van der Waals surface area contributed by atoms with Crippen molar-refractivity contribution in [3.63, 3.8) is 0 Å². The van der Waals surface area contributed by atoms with Crippen molar-refractivity contribution >= 4 is 11.8 Å². The van der Waals surface area contributed by atoms with Crippen LogP contribution >= 0.6 is 0 Å². The van der Waals surface area contributed by atoms with Gasteiger partial charge in [0.05, 0.1) is 0 Å². The van der Waals surface area contributed by atoms with Gasteiger partial charge in [-0.15, -0.1) is 0 Å². The van der Waals surface area contributed by atoms with Crippen molar-refractivity contribution in [3.8, 4) is 0 Å². The zero-order valence-corrected chi connectivity index (χ0v) is 7.37. The minimum absolute atomic E-state index is 0.00595. The Morgan fingerprint density at radius 1 is 1.46 bits per heavy atom. The molecule has 0 aromatic carbocycles. The molecule has 2 rings (SSSR count). The minimum Gasteiger partial charge on any atom is -0.450 e. The summed E-state index contributed by atoms with van der Waals surface area (Å²) in [5.74, 6) is -0.198.